The highest BCUT2D eigenvalue weighted by molar-refractivity contribution is 6.24. The van der Waals surface area contributed by atoms with Gasteiger partial charge in [0, 0.05) is 26.2 Å². The molecule has 1 aliphatic rings. The molecule has 0 spiro atoms. The number of rotatable bonds is 4. The van der Waals surface area contributed by atoms with E-state index < -0.39 is 0 Å². The lowest BCUT2D eigenvalue weighted by molar-refractivity contribution is -0.125. The summed E-state index contributed by atoms with van der Waals surface area (Å²) in [7, 11) is 0. The van der Waals surface area contributed by atoms with Crippen LogP contribution >= 0.6 is 0 Å². The molecule has 0 atom stereocenters. The Kier molecular flexibility index (Phi) is 5.24. The topological polar surface area (TPSA) is 36.7 Å². The van der Waals surface area contributed by atoms with Gasteiger partial charge in [0.2, 0.25) is 0 Å². The molecule has 2 heterocycles. The van der Waals surface area contributed by atoms with Crippen molar-refractivity contribution in [2.45, 2.75) is 0 Å². The Morgan fingerprint density at radius 1 is 0.893 bits per heavy atom. The lowest BCUT2D eigenvalue weighted by Crippen LogP contribution is -2.49. The van der Waals surface area contributed by atoms with Crippen molar-refractivity contribution in [2.24, 2.45) is 0 Å². The average Bonchev–Trinajstić information content (AvgIpc) is 3.26. The van der Waals surface area contributed by atoms with E-state index in [-0.39, 0.29) is 11.7 Å². The van der Waals surface area contributed by atoms with E-state index in [0.29, 0.717) is 43.2 Å². The van der Waals surface area contributed by atoms with E-state index in [1.807, 2.05) is 52.3 Å². The summed E-state index contributed by atoms with van der Waals surface area (Å²) in [6.07, 6.45) is 3.37. The molecule has 0 bridgehead atoms. The molecule has 0 saturated carbocycles. The summed E-state index contributed by atoms with van der Waals surface area (Å²) in [5.41, 5.74) is 2.03. The summed E-state index contributed by atoms with van der Waals surface area (Å²) in [6.45, 7) is 2.26. The molecule has 3 aromatic rings. The lowest BCUT2D eigenvalue weighted by atomic mass is 10.0. The smallest absolute Gasteiger partial charge is 0.254 e. The normalized spacial score (nSPS) is 15.0. The number of hydrogen-bond acceptors (Lipinski definition) is 3. The van der Waals surface area contributed by atoms with Gasteiger partial charge >= 0.3 is 0 Å². The van der Waals surface area contributed by atoms with Gasteiger partial charge in [-0.3, -0.25) is 4.79 Å². The molecule has 0 N–H and O–H groups in total. The van der Waals surface area contributed by atoms with Gasteiger partial charge in [0.05, 0.1) is 17.5 Å². The predicted molar refractivity (Wildman–Crippen MR) is 108 cm³/mol. The Morgan fingerprint density at radius 3 is 2.29 bits per heavy atom. The molecule has 0 unspecified atom stereocenters. The van der Waals surface area contributed by atoms with Crippen molar-refractivity contribution in [3.05, 3.63) is 90.1 Å². The van der Waals surface area contributed by atoms with E-state index in [0.717, 1.165) is 5.56 Å². The highest BCUT2D eigenvalue weighted by Gasteiger charge is 2.25. The molecule has 1 saturated heterocycles. The predicted octanol–water partition coefficient (Wildman–Crippen LogP) is 4.31. The number of halogens is 1. The quantitative estimate of drug-likeness (QED) is 0.637. The summed E-state index contributed by atoms with van der Waals surface area (Å²) < 4.78 is 19.5. The first-order valence-electron chi connectivity index (χ1n) is 9.32. The molecule has 2 aromatic carbocycles. The SMILES string of the molecule is O=C(/C(=C/c1ccco1)c1ccccc1)N1CCN(c2ccccc2F)CC1. The van der Waals surface area contributed by atoms with Crippen molar-refractivity contribution in [1.29, 1.82) is 0 Å². The number of benzene rings is 2. The van der Waals surface area contributed by atoms with Crippen LogP contribution in [0, 0.1) is 5.82 Å². The highest BCUT2D eigenvalue weighted by atomic mass is 19.1. The number of nitrogens with zero attached hydrogens (tertiary/aromatic N) is 2. The van der Waals surface area contributed by atoms with E-state index in [1.165, 1.54) is 6.07 Å². The summed E-state index contributed by atoms with van der Waals surface area (Å²) >= 11 is 0. The Balaban J connectivity index is 1.53. The van der Waals surface area contributed by atoms with E-state index in [1.54, 1.807) is 30.5 Å². The van der Waals surface area contributed by atoms with Crippen molar-refractivity contribution >= 4 is 23.2 Å². The molecule has 1 amide bonds. The van der Waals surface area contributed by atoms with Gasteiger partial charge in [-0.25, -0.2) is 4.39 Å². The van der Waals surface area contributed by atoms with Gasteiger partial charge in [-0.2, -0.15) is 0 Å². The van der Waals surface area contributed by atoms with Crippen molar-refractivity contribution in [3.63, 3.8) is 0 Å². The van der Waals surface area contributed by atoms with Crippen molar-refractivity contribution in [3.8, 4) is 0 Å². The van der Waals surface area contributed by atoms with Gasteiger partial charge in [0.15, 0.2) is 0 Å². The molecular weight excluding hydrogens is 355 g/mol. The Bertz CT molecular complexity index is 959. The van der Waals surface area contributed by atoms with Crippen LogP contribution in [0.3, 0.4) is 0 Å². The molecule has 4 rings (SSSR count). The zero-order chi connectivity index (χ0) is 19.3. The molecule has 0 aliphatic carbocycles. The number of amides is 1. The number of anilines is 1. The summed E-state index contributed by atoms with van der Waals surface area (Å²) in [5.74, 6) is 0.359. The number of piperazine rings is 1. The fourth-order valence-corrected chi connectivity index (χ4v) is 3.43. The zero-order valence-corrected chi connectivity index (χ0v) is 15.4. The first kappa shape index (κ1) is 18.0. The second-order valence-corrected chi connectivity index (χ2v) is 6.67. The fraction of sp³-hybridized carbons (Fsp3) is 0.174. The number of furan rings is 1. The number of carbonyl (C=O) groups excluding carboxylic acids is 1. The fourth-order valence-electron chi connectivity index (χ4n) is 3.43. The third kappa shape index (κ3) is 3.83. The summed E-state index contributed by atoms with van der Waals surface area (Å²) in [4.78, 5) is 17.1. The van der Waals surface area contributed by atoms with Crippen LogP contribution in [0.25, 0.3) is 11.6 Å². The van der Waals surface area contributed by atoms with Gasteiger partial charge in [0.25, 0.3) is 5.91 Å². The average molecular weight is 376 g/mol. The maximum absolute atomic E-state index is 14.0. The van der Waals surface area contributed by atoms with E-state index in [4.69, 9.17) is 4.42 Å². The zero-order valence-electron chi connectivity index (χ0n) is 15.4. The molecular formula is C23H21FN2O2. The van der Waals surface area contributed by atoms with E-state index >= 15 is 0 Å². The van der Waals surface area contributed by atoms with Gasteiger partial charge in [-0.05, 0) is 35.9 Å². The molecule has 1 aliphatic heterocycles. The van der Waals surface area contributed by atoms with Crippen LogP contribution < -0.4 is 4.90 Å². The van der Waals surface area contributed by atoms with Crippen LogP contribution in [0.2, 0.25) is 0 Å². The van der Waals surface area contributed by atoms with Crippen LogP contribution in [0.1, 0.15) is 11.3 Å². The summed E-state index contributed by atoms with van der Waals surface area (Å²) in [6, 6.07) is 20.0. The van der Waals surface area contributed by atoms with Gasteiger partial charge < -0.3 is 14.2 Å². The van der Waals surface area contributed by atoms with Crippen LogP contribution in [-0.2, 0) is 4.79 Å². The molecule has 0 radical (unpaired) electrons. The third-order valence-electron chi connectivity index (χ3n) is 4.91. The monoisotopic (exact) mass is 376 g/mol. The van der Waals surface area contributed by atoms with Gasteiger partial charge in [0.1, 0.15) is 11.6 Å². The minimum Gasteiger partial charge on any atom is -0.465 e. The first-order chi connectivity index (χ1) is 13.7. The Hall–Kier alpha value is -3.34. The number of hydrogen-bond donors (Lipinski definition) is 0. The maximum atomic E-state index is 14.0. The molecule has 28 heavy (non-hydrogen) atoms. The van der Waals surface area contributed by atoms with Crippen LogP contribution in [0.15, 0.2) is 77.4 Å². The second-order valence-electron chi connectivity index (χ2n) is 6.67. The van der Waals surface area contributed by atoms with Gasteiger partial charge in [-0.15, -0.1) is 0 Å². The van der Waals surface area contributed by atoms with E-state index in [2.05, 4.69) is 0 Å². The van der Waals surface area contributed by atoms with Gasteiger partial charge in [-0.1, -0.05) is 42.5 Å². The largest absolute Gasteiger partial charge is 0.465 e. The molecule has 1 aromatic heterocycles. The molecule has 4 nitrogen and oxygen atoms in total. The van der Waals surface area contributed by atoms with Crippen LogP contribution in [0.4, 0.5) is 10.1 Å². The highest BCUT2D eigenvalue weighted by Crippen LogP contribution is 2.24. The van der Waals surface area contributed by atoms with Crippen molar-refractivity contribution in [2.75, 3.05) is 31.1 Å². The van der Waals surface area contributed by atoms with Crippen molar-refractivity contribution in [1.82, 2.24) is 4.90 Å². The van der Waals surface area contributed by atoms with E-state index in [9.17, 15) is 9.18 Å². The molecule has 5 heteroatoms. The number of para-hydroxylation sites is 1. The van der Waals surface area contributed by atoms with Crippen molar-refractivity contribution < 1.29 is 13.6 Å². The van der Waals surface area contributed by atoms with Crippen LogP contribution in [0.5, 0.6) is 0 Å². The standard InChI is InChI=1S/C23H21FN2O2/c24-21-10-4-5-11-22(21)25-12-14-26(15-13-25)23(27)20(17-19-9-6-16-28-19)18-7-2-1-3-8-18/h1-11,16-17H,12-15H2/b20-17+. The molecule has 1 fully saturated rings. The minimum absolute atomic E-state index is 0.0456. The second kappa shape index (κ2) is 8.13. The number of carbonyl (C=O) groups is 1. The summed E-state index contributed by atoms with van der Waals surface area (Å²) in [5, 5.41) is 0. The maximum Gasteiger partial charge on any atom is 0.254 e. The lowest BCUT2D eigenvalue weighted by Gasteiger charge is -2.36. The Morgan fingerprint density at radius 2 is 1.61 bits per heavy atom. The van der Waals surface area contributed by atoms with Crippen LogP contribution in [-0.4, -0.2) is 37.0 Å². The first-order valence-corrected chi connectivity index (χ1v) is 9.32. The molecule has 142 valence electrons. The minimum atomic E-state index is -0.232. The Labute approximate surface area is 163 Å². The third-order valence-corrected chi connectivity index (χ3v) is 4.91.